The van der Waals surface area contributed by atoms with E-state index >= 15 is 0 Å². The standard InChI is InChI=1S/C20H30N6O3/c1-27-16-11-14(10-15-13-24-20(22)25-19(15)21)12-17(28-2)18(16)29-9-3-6-26-7-4-23-5-8-26/h11-13,23H,3-10H2,1-2H3,(H4,21,22,24,25). The summed E-state index contributed by atoms with van der Waals surface area (Å²) in [5, 5.41) is 3.36. The molecule has 3 rings (SSSR count). The van der Waals surface area contributed by atoms with Crippen LogP contribution in [0, 0.1) is 0 Å². The van der Waals surface area contributed by atoms with Gasteiger partial charge < -0.3 is 35.9 Å². The van der Waals surface area contributed by atoms with Gasteiger partial charge in [-0.2, -0.15) is 4.98 Å². The van der Waals surface area contributed by atoms with Gasteiger partial charge in [-0.05, 0) is 24.1 Å². The number of nitrogens with one attached hydrogen (secondary N) is 1. The number of hydrogen-bond donors (Lipinski definition) is 3. The summed E-state index contributed by atoms with van der Waals surface area (Å²) in [5.41, 5.74) is 13.3. The lowest BCUT2D eigenvalue weighted by Crippen LogP contribution is -2.43. The van der Waals surface area contributed by atoms with Crippen molar-refractivity contribution in [3.63, 3.8) is 0 Å². The van der Waals surface area contributed by atoms with Gasteiger partial charge in [0.25, 0.3) is 0 Å². The Balaban J connectivity index is 1.67. The molecule has 2 heterocycles. The van der Waals surface area contributed by atoms with Crippen LogP contribution in [0.2, 0.25) is 0 Å². The van der Waals surface area contributed by atoms with Gasteiger partial charge in [-0.25, -0.2) is 4.98 Å². The fraction of sp³-hybridized carbons (Fsp3) is 0.500. The van der Waals surface area contributed by atoms with Crippen LogP contribution in [0.5, 0.6) is 17.2 Å². The van der Waals surface area contributed by atoms with E-state index in [1.54, 1.807) is 20.4 Å². The Hall–Kier alpha value is -2.78. The molecule has 0 unspecified atom stereocenters. The molecule has 0 atom stereocenters. The maximum Gasteiger partial charge on any atom is 0.221 e. The molecule has 1 aromatic heterocycles. The first-order valence-corrected chi connectivity index (χ1v) is 9.78. The van der Waals surface area contributed by atoms with Gasteiger partial charge in [0, 0.05) is 50.9 Å². The predicted molar refractivity (Wildman–Crippen MR) is 113 cm³/mol. The van der Waals surface area contributed by atoms with Gasteiger partial charge in [0.1, 0.15) is 5.82 Å². The lowest BCUT2D eigenvalue weighted by molar-refractivity contribution is 0.208. The summed E-state index contributed by atoms with van der Waals surface area (Å²) in [6.07, 6.45) is 3.10. The van der Waals surface area contributed by atoms with Crippen molar-refractivity contribution in [2.75, 3.05) is 65.0 Å². The highest BCUT2D eigenvalue weighted by Crippen LogP contribution is 2.39. The minimum absolute atomic E-state index is 0.158. The molecule has 5 N–H and O–H groups in total. The van der Waals surface area contributed by atoms with Crippen LogP contribution in [0.25, 0.3) is 0 Å². The summed E-state index contributed by atoms with van der Waals surface area (Å²) < 4.78 is 17.1. The minimum Gasteiger partial charge on any atom is -0.493 e. The van der Waals surface area contributed by atoms with E-state index in [0.29, 0.717) is 36.1 Å². The zero-order valence-electron chi connectivity index (χ0n) is 17.1. The number of hydrogen-bond acceptors (Lipinski definition) is 9. The van der Waals surface area contributed by atoms with E-state index in [2.05, 4.69) is 20.2 Å². The predicted octanol–water partition coefficient (Wildman–Crippen LogP) is 0.923. The van der Waals surface area contributed by atoms with E-state index in [1.807, 2.05) is 12.1 Å². The van der Waals surface area contributed by atoms with Gasteiger partial charge in [0.15, 0.2) is 11.5 Å². The van der Waals surface area contributed by atoms with Crippen LogP contribution in [-0.2, 0) is 6.42 Å². The third kappa shape index (κ3) is 5.61. The number of benzene rings is 1. The topological polar surface area (TPSA) is 121 Å². The van der Waals surface area contributed by atoms with Gasteiger partial charge in [0.2, 0.25) is 11.7 Å². The molecule has 1 fully saturated rings. The molecule has 9 nitrogen and oxygen atoms in total. The van der Waals surface area contributed by atoms with E-state index in [1.165, 1.54) is 0 Å². The Kier molecular flexibility index (Phi) is 7.31. The number of nitrogens with zero attached hydrogens (tertiary/aromatic N) is 3. The minimum atomic E-state index is 0.158. The fourth-order valence-corrected chi connectivity index (χ4v) is 3.37. The van der Waals surface area contributed by atoms with Crippen LogP contribution in [0.1, 0.15) is 17.5 Å². The normalized spacial score (nSPS) is 14.6. The van der Waals surface area contributed by atoms with Crippen LogP contribution < -0.4 is 31.0 Å². The van der Waals surface area contributed by atoms with Gasteiger partial charge in [0.05, 0.1) is 20.8 Å². The monoisotopic (exact) mass is 402 g/mol. The summed E-state index contributed by atoms with van der Waals surface area (Å²) >= 11 is 0. The molecular formula is C20H30N6O3. The second-order valence-corrected chi connectivity index (χ2v) is 6.94. The number of nitrogens with two attached hydrogens (primary N) is 2. The molecule has 0 aliphatic carbocycles. The van der Waals surface area contributed by atoms with Gasteiger partial charge >= 0.3 is 0 Å². The summed E-state index contributed by atoms with van der Waals surface area (Å²) in [7, 11) is 3.24. The van der Waals surface area contributed by atoms with Crippen LogP contribution in [0.15, 0.2) is 18.3 Å². The molecule has 0 saturated carbocycles. The number of rotatable bonds is 9. The Labute approximate surface area is 171 Å². The smallest absolute Gasteiger partial charge is 0.221 e. The third-order valence-electron chi connectivity index (χ3n) is 4.91. The Morgan fingerprint density at radius 2 is 1.79 bits per heavy atom. The maximum atomic E-state index is 6.03. The zero-order chi connectivity index (χ0) is 20.6. The summed E-state index contributed by atoms with van der Waals surface area (Å²) in [6.45, 7) is 5.87. The number of nitrogen functional groups attached to an aromatic ring is 2. The van der Waals surface area contributed by atoms with Crippen molar-refractivity contribution in [2.24, 2.45) is 0 Å². The quantitative estimate of drug-likeness (QED) is 0.526. The zero-order valence-corrected chi connectivity index (χ0v) is 17.1. The van der Waals surface area contributed by atoms with E-state index in [9.17, 15) is 0 Å². The highest BCUT2D eigenvalue weighted by atomic mass is 16.5. The molecule has 2 aromatic rings. The van der Waals surface area contributed by atoms with Crippen LogP contribution >= 0.6 is 0 Å². The highest BCUT2D eigenvalue weighted by Gasteiger charge is 2.16. The van der Waals surface area contributed by atoms with Crippen molar-refractivity contribution in [2.45, 2.75) is 12.8 Å². The number of aromatic nitrogens is 2. The van der Waals surface area contributed by atoms with Crippen LogP contribution in [0.3, 0.4) is 0 Å². The largest absolute Gasteiger partial charge is 0.493 e. The lowest BCUT2D eigenvalue weighted by atomic mass is 10.1. The number of methoxy groups -OCH3 is 2. The highest BCUT2D eigenvalue weighted by molar-refractivity contribution is 5.55. The molecule has 29 heavy (non-hydrogen) atoms. The van der Waals surface area contributed by atoms with E-state index in [-0.39, 0.29) is 5.95 Å². The average Bonchev–Trinajstić information content (AvgIpc) is 2.74. The van der Waals surface area contributed by atoms with E-state index < -0.39 is 0 Å². The summed E-state index contributed by atoms with van der Waals surface area (Å²) in [5.74, 6) is 2.38. The van der Waals surface area contributed by atoms with Crippen molar-refractivity contribution < 1.29 is 14.2 Å². The Morgan fingerprint density at radius 1 is 1.10 bits per heavy atom. The lowest BCUT2D eigenvalue weighted by Gasteiger charge is -2.27. The third-order valence-corrected chi connectivity index (χ3v) is 4.91. The van der Waals surface area contributed by atoms with E-state index in [0.717, 1.165) is 50.3 Å². The molecule has 0 amide bonds. The van der Waals surface area contributed by atoms with Crippen molar-refractivity contribution in [1.29, 1.82) is 0 Å². The second kappa shape index (κ2) is 10.1. The molecule has 1 aromatic carbocycles. The molecule has 0 radical (unpaired) electrons. The molecule has 1 aliphatic rings. The van der Waals surface area contributed by atoms with Gasteiger partial charge in [-0.1, -0.05) is 0 Å². The summed E-state index contributed by atoms with van der Waals surface area (Å²) in [4.78, 5) is 10.5. The van der Waals surface area contributed by atoms with Gasteiger partial charge in [-0.3, -0.25) is 0 Å². The number of anilines is 2. The SMILES string of the molecule is COc1cc(Cc2cnc(N)nc2N)cc(OC)c1OCCCN1CCNCC1. The molecule has 1 saturated heterocycles. The first-order valence-electron chi connectivity index (χ1n) is 9.78. The molecule has 0 spiro atoms. The molecule has 9 heteroatoms. The summed E-state index contributed by atoms with van der Waals surface area (Å²) in [6, 6.07) is 3.84. The first-order chi connectivity index (χ1) is 14.1. The Morgan fingerprint density at radius 3 is 2.41 bits per heavy atom. The second-order valence-electron chi connectivity index (χ2n) is 6.94. The van der Waals surface area contributed by atoms with Crippen molar-refractivity contribution >= 4 is 11.8 Å². The van der Waals surface area contributed by atoms with Crippen LogP contribution in [0.4, 0.5) is 11.8 Å². The number of ether oxygens (including phenoxy) is 3. The molecule has 1 aliphatic heterocycles. The molecule has 0 bridgehead atoms. The Bertz CT molecular complexity index is 786. The van der Waals surface area contributed by atoms with Gasteiger partial charge in [-0.15, -0.1) is 0 Å². The van der Waals surface area contributed by atoms with Crippen molar-refractivity contribution in [1.82, 2.24) is 20.2 Å². The molecular weight excluding hydrogens is 372 g/mol. The van der Waals surface area contributed by atoms with E-state index in [4.69, 9.17) is 25.7 Å². The molecule has 158 valence electrons. The fourth-order valence-electron chi connectivity index (χ4n) is 3.37. The number of piperazine rings is 1. The van der Waals surface area contributed by atoms with Crippen molar-refractivity contribution in [3.05, 3.63) is 29.5 Å². The van der Waals surface area contributed by atoms with Crippen LogP contribution in [-0.4, -0.2) is 68.4 Å². The van der Waals surface area contributed by atoms with Crippen molar-refractivity contribution in [3.8, 4) is 17.2 Å². The maximum absolute atomic E-state index is 6.03. The first kappa shape index (κ1) is 20.9. The average molecular weight is 402 g/mol.